The maximum Gasteiger partial charge on any atom is 0.0630 e. The minimum atomic E-state index is 0.993. The van der Waals surface area contributed by atoms with Gasteiger partial charge in [-0.1, -0.05) is 42.5 Å². The minimum Gasteiger partial charge on any atom is -0.319 e. The van der Waals surface area contributed by atoms with Gasteiger partial charge in [0.25, 0.3) is 0 Å². The molecular weight excluding hydrogens is 220 g/mol. The highest BCUT2D eigenvalue weighted by atomic mass is 14.8. The molecule has 0 radical (unpaired) electrons. The van der Waals surface area contributed by atoms with Gasteiger partial charge < -0.3 is 5.32 Å². The SMILES string of the molecule is CNCCc1ccc(N=Cc2ccccc2)cc1. The summed E-state index contributed by atoms with van der Waals surface area (Å²) in [5, 5.41) is 3.15. The average Bonchev–Trinajstić information content (AvgIpc) is 2.45. The van der Waals surface area contributed by atoms with Crippen molar-refractivity contribution in [1.82, 2.24) is 5.32 Å². The van der Waals surface area contributed by atoms with Crippen LogP contribution >= 0.6 is 0 Å². The molecule has 2 rings (SSSR count). The first-order chi connectivity index (χ1) is 8.88. The first kappa shape index (κ1) is 12.5. The summed E-state index contributed by atoms with van der Waals surface area (Å²) in [6.07, 6.45) is 2.95. The number of hydrogen-bond acceptors (Lipinski definition) is 2. The number of benzene rings is 2. The number of aliphatic imine (C=N–C) groups is 1. The van der Waals surface area contributed by atoms with Gasteiger partial charge >= 0.3 is 0 Å². The molecule has 2 nitrogen and oxygen atoms in total. The third kappa shape index (κ3) is 3.82. The van der Waals surface area contributed by atoms with E-state index in [0.29, 0.717) is 0 Å². The van der Waals surface area contributed by atoms with Crippen LogP contribution < -0.4 is 5.32 Å². The Bertz CT molecular complexity index is 486. The lowest BCUT2D eigenvalue weighted by molar-refractivity contribution is 0.792. The predicted molar refractivity (Wildman–Crippen MR) is 77.8 cm³/mol. The van der Waals surface area contributed by atoms with E-state index < -0.39 is 0 Å². The molecule has 0 amide bonds. The van der Waals surface area contributed by atoms with E-state index in [2.05, 4.69) is 34.6 Å². The van der Waals surface area contributed by atoms with Crippen LogP contribution in [0.4, 0.5) is 5.69 Å². The lowest BCUT2D eigenvalue weighted by Gasteiger charge is -2.00. The molecule has 0 aliphatic carbocycles. The molecule has 2 aromatic carbocycles. The molecule has 0 bridgehead atoms. The fraction of sp³-hybridized carbons (Fsp3) is 0.188. The van der Waals surface area contributed by atoms with E-state index in [4.69, 9.17) is 0 Å². The van der Waals surface area contributed by atoms with E-state index in [1.807, 2.05) is 43.6 Å². The molecule has 0 fully saturated rings. The zero-order valence-corrected chi connectivity index (χ0v) is 10.6. The molecule has 0 aliphatic heterocycles. The first-order valence-electron chi connectivity index (χ1n) is 6.21. The molecule has 2 heteroatoms. The van der Waals surface area contributed by atoms with Crippen molar-refractivity contribution in [2.24, 2.45) is 4.99 Å². The van der Waals surface area contributed by atoms with E-state index in [-0.39, 0.29) is 0 Å². The third-order valence-electron chi connectivity index (χ3n) is 2.76. The summed E-state index contributed by atoms with van der Waals surface area (Å²) in [6.45, 7) is 1.01. The van der Waals surface area contributed by atoms with Crippen LogP contribution in [0.15, 0.2) is 59.6 Å². The fourth-order valence-electron chi connectivity index (χ4n) is 1.71. The van der Waals surface area contributed by atoms with Crippen molar-refractivity contribution in [1.29, 1.82) is 0 Å². The molecular formula is C16H18N2. The van der Waals surface area contributed by atoms with Crippen molar-refractivity contribution >= 4 is 11.9 Å². The highest BCUT2D eigenvalue weighted by molar-refractivity contribution is 5.81. The largest absolute Gasteiger partial charge is 0.319 e. The van der Waals surface area contributed by atoms with Crippen molar-refractivity contribution in [2.45, 2.75) is 6.42 Å². The number of nitrogens with one attached hydrogen (secondary N) is 1. The third-order valence-corrected chi connectivity index (χ3v) is 2.76. The molecule has 18 heavy (non-hydrogen) atoms. The second-order valence-corrected chi connectivity index (χ2v) is 4.19. The standard InChI is InChI=1S/C16H18N2/c1-17-12-11-14-7-9-16(10-8-14)18-13-15-5-3-2-4-6-15/h2-10,13,17H,11-12H2,1H3. The summed E-state index contributed by atoms with van der Waals surface area (Å²) >= 11 is 0. The van der Waals surface area contributed by atoms with Gasteiger partial charge in [-0.15, -0.1) is 0 Å². The van der Waals surface area contributed by atoms with Crippen LogP contribution in [0, 0.1) is 0 Å². The van der Waals surface area contributed by atoms with Gasteiger partial charge in [0, 0.05) is 6.21 Å². The summed E-state index contributed by atoms with van der Waals surface area (Å²) in [6, 6.07) is 18.5. The minimum absolute atomic E-state index is 0.993. The second kappa shape index (κ2) is 6.72. The first-order valence-corrected chi connectivity index (χ1v) is 6.21. The van der Waals surface area contributed by atoms with Crippen molar-refractivity contribution in [2.75, 3.05) is 13.6 Å². The Morgan fingerprint density at radius 2 is 1.72 bits per heavy atom. The monoisotopic (exact) mass is 238 g/mol. The Hall–Kier alpha value is -1.93. The molecule has 1 N–H and O–H groups in total. The van der Waals surface area contributed by atoms with Crippen molar-refractivity contribution in [3.05, 3.63) is 65.7 Å². The normalized spacial score (nSPS) is 10.9. The number of rotatable bonds is 5. The molecule has 0 aliphatic rings. The van der Waals surface area contributed by atoms with Crippen LogP contribution in [0.1, 0.15) is 11.1 Å². The van der Waals surface area contributed by atoms with Gasteiger partial charge in [0.05, 0.1) is 5.69 Å². The average molecular weight is 238 g/mol. The number of nitrogens with zero attached hydrogens (tertiary/aromatic N) is 1. The number of hydrogen-bond donors (Lipinski definition) is 1. The Kier molecular flexibility index (Phi) is 4.68. The fourth-order valence-corrected chi connectivity index (χ4v) is 1.71. The molecule has 0 atom stereocenters. The zero-order valence-electron chi connectivity index (χ0n) is 10.6. The van der Waals surface area contributed by atoms with Crippen LogP contribution in [-0.4, -0.2) is 19.8 Å². The van der Waals surface area contributed by atoms with Gasteiger partial charge in [0.1, 0.15) is 0 Å². The summed E-state index contributed by atoms with van der Waals surface area (Å²) in [5.74, 6) is 0. The van der Waals surface area contributed by atoms with Gasteiger partial charge in [-0.3, -0.25) is 4.99 Å². The lowest BCUT2D eigenvalue weighted by Crippen LogP contribution is -2.09. The Morgan fingerprint density at radius 3 is 2.39 bits per heavy atom. The van der Waals surface area contributed by atoms with Gasteiger partial charge in [-0.05, 0) is 43.3 Å². The smallest absolute Gasteiger partial charge is 0.0630 e. The van der Waals surface area contributed by atoms with Crippen molar-refractivity contribution in [3.63, 3.8) is 0 Å². The molecule has 2 aromatic rings. The molecule has 92 valence electrons. The van der Waals surface area contributed by atoms with Gasteiger partial charge in [0.15, 0.2) is 0 Å². The van der Waals surface area contributed by atoms with E-state index >= 15 is 0 Å². The van der Waals surface area contributed by atoms with Crippen LogP contribution in [-0.2, 0) is 6.42 Å². The topological polar surface area (TPSA) is 24.4 Å². The summed E-state index contributed by atoms with van der Waals surface area (Å²) < 4.78 is 0. The van der Waals surface area contributed by atoms with Crippen molar-refractivity contribution < 1.29 is 0 Å². The molecule has 0 saturated carbocycles. The molecule has 0 heterocycles. The molecule has 0 aromatic heterocycles. The lowest BCUT2D eigenvalue weighted by atomic mass is 10.1. The van der Waals surface area contributed by atoms with Crippen LogP contribution in [0.3, 0.4) is 0 Å². The Morgan fingerprint density at radius 1 is 1.00 bits per heavy atom. The molecule has 0 unspecified atom stereocenters. The van der Waals surface area contributed by atoms with Gasteiger partial charge in [0.2, 0.25) is 0 Å². The number of likely N-dealkylation sites (N-methyl/N-ethyl adjacent to an activating group) is 1. The van der Waals surface area contributed by atoms with Crippen molar-refractivity contribution in [3.8, 4) is 0 Å². The highest BCUT2D eigenvalue weighted by Crippen LogP contribution is 2.13. The Balaban J connectivity index is 2.00. The summed E-state index contributed by atoms with van der Waals surface area (Å²) in [7, 11) is 1.97. The molecule has 0 saturated heterocycles. The Labute approximate surface area is 108 Å². The predicted octanol–water partition coefficient (Wildman–Crippen LogP) is 3.20. The summed E-state index contributed by atoms with van der Waals surface area (Å²) in [4.78, 5) is 4.46. The van der Waals surface area contributed by atoms with E-state index in [9.17, 15) is 0 Å². The van der Waals surface area contributed by atoms with Gasteiger partial charge in [-0.2, -0.15) is 0 Å². The van der Waals surface area contributed by atoms with E-state index in [1.54, 1.807) is 0 Å². The molecule has 0 spiro atoms. The summed E-state index contributed by atoms with van der Waals surface area (Å²) in [5.41, 5.74) is 3.45. The van der Waals surface area contributed by atoms with Crippen LogP contribution in [0.2, 0.25) is 0 Å². The van der Waals surface area contributed by atoms with Crippen LogP contribution in [0.25, 0.3) is 0 Å². The maximum atomic E-state index is 4.46. The van der Waals surface area contributed by atoms with Gasteiger partial charge in [-0.25, -0.2) is 0 Å². The maximum absolute atomic E-state index is 4.46. The van der Waals surface area contributed by atoms with Crippen LogP contribution in [0.5, 0.6) is 0 Å². The van der Waals surface area contributed by atoms with E-state index in [1.165, 1.54) is 5.56 Å². The quantitative estimate of drug-likeness (QED) is 0.795. The van der Waals surface area contributed by atoms with E-state index in [0.717, 1.165) is 24.2 Å². The zero-order chi connectivity index (χ0) is 12.6. The highest BCUT2D eigenvalue weighted by Gasteiger charge is 1.92. The second-order valence-electron chi connectivity index (χ2n) is 4.19.